The summed E-state index contributed by atoms with van der Waals surface area (Å²) in [5, 5.41) is 0. The third-order valence-corrected chi connectivity index (χ3v) is 5.65. The van der Waals surface area contributed by atoms with Crippen LogP contribution in [0.15, 0.2) is 29.2 Å². The Labute approximate surface area is 129 Å². The fourth-order valence-corrected chi connectivity index (χ4v) is 4.26. The molecular formula is C13H17N3O3S2. The summed E-state index contributed by atoms with van der Waals surface area (Å²) in [4.78, 5) is 11.7. The molecule has 4 N–H and O–H groups in total. The molecule has 1 atom stereocenters. The predicted octanol–water partition coefficient (Wildman–Crippen LogP) is 0.349. The predicted molar refractivity (Wildman–Crippen MR) is 83.1 cm³/mol. The van der Waals surface area contributed by atoms with E-state index in [1.807, 2.05) is 0 Å². The first-order valence-electron chi connectivity index (χ1n) is 6.55. The number of hydrogen-bond donors (Lipinski definition) is 2. The number of thiocarbonyl (C=S) groups is 1. The number of carbonyl (C=O) groups excluding carboxylic acids is 1. The number of amides is 1. The zero-order chi connectivity index (χ0) is 15.6. The number of benzene rings is 1. The summed E-state index contributed by atoms with van der Waals surface area (Å²) in [6.45, 7) is 0.285. The van der Waals surface area contributed by atoms with E-state index in [0.717, 1.165) is 6.42 Å². The van der Waals surface area contributed by atoms with Crippen LogP contribution < -0.4 is 11.5 Å². The molecule has 1 aliphatic rings. The van der Waals surface area contributed by atoms with E-state index in [0.29, 0.717) is 18.4 Å². The molecule has 0 aromatic heterocycles. The van der Waals surface area contributed by atoms with E-state index in [9.17, 15) is 13.2 Å². The van der Waals surface area contributed by atoms with Crippen molar-refractivity contribution in [2.75, 3.05) is 6.54 Å². The van der Waals surface area contributed by atoms with Crippen LogP contribution in [0.4, 0.5) is 0 Å². The van der Waals surface area contributed by atoms with Crippen molar-refractivity contribution in [1.29, 1.82) is 0 Å². The maximum absolute atomic E-state index is 12.7. The number of nitrogens with zero attached hydrogens (tertiary/aromatic N) is 1. The van der Waals surface area contributed by atoms with E-state index in [-0.39, 0.29) is 16.4 Å². The summed E-state index contributed by atoms with van der Waals surface area (Å²) in [6, 6.07) is 5.30. The molecule has 2 rings (SSSR count). The molecule has 0 radical (unpaired) electrons. The molecule has 1 unspecified atom stereocenters. The molecule has 6 nitrogen and oxygen atoms in total. The number of hydrogen-bond acceptors (Lipinski definition) is 4. The van der Waals surface area contributed by atoms with Crippen LogP contribution in [-0.4, -0.2) is 36.2 Å². The molecule has 114 valence electrons. The molecule has 1 heterocycles. The average molecular weight is 327 g/mol. The van der Waals surface area contributed by atoms with Crippen molar-refractivity contribution in [3.63, 3.8) is 0 Å². The summed E-state index contributed by atoms with van der Waals surface area (Å²) in [6.07, 6.45) is 1.94. The van der Waals surface area contributed by atoms with Crippen LogP contribution in [0.1, 0.15) is 24.8 Å². The summed E-state index contributed by atoms with van der Waals surface area (Å²) in [5.74, 6) is -0.622. The van der Waals surface area contributed by atoms with Gasteiger partial charge in [0.25, 0.3) is 0 Å². The molecule has 0 bridgehead atoms. The maximum Gasteiger partial charge on any atom is 0.243 e. The van der Waals surface area contributed by atoms with Crippen molar-refractivity contribution in [3.8, 4) is 0 Å². The van der Waals surface area contributed by atoms with E-state index < -0.39 is 22.0 Å². The third kappa shape index (κ3) is 3.22. The molecule has 21 heavy (non-hydrogen) atoms. The Kier molecular flexibility index (Phi) is 4.60. The van der Waals surface area contributed by atoms with E-state index in [2.05, 4.69) is 0 Å². The Bertz CT molecular complexity index is 673. The van der Waals surface area contributed by atoms with Gasteiger partial charge < -0.3 is 11.5 Å². The van der Waals surface area contributed by atoms with Crippen LogP contribution >= 0.6 is 12.2 Å². The SMILES string of the molecule is NC(=O)C1CCCCN1S(=O)(=O)c1cccc(C(N)=S)c1. The van der Waals surface area contributed by atoms with E-state index in [4.69, 9.17) is 23.7 Å². The van der Waals surface area contributed by atoms with Gasteiger partial charge in [0, 0.05) is 12.1 Å². The van der Waals surface area contributed by atoms with Crippen LogP contribution in [0.2, 0.25) is 0 Å². The van der Waals surface area contributed by atoms with Gasteiger partial charge in [-0.15, -0.1) is 0 Å². The van der Waals surface area contributed by atoms with Gasteiger partial charge in [-0.05, 0) is 25.0 Å². The fourth-order valence-electron chi connectivity index (χ4n) is 2.42. The molecule has 1 aliphatic heterocycles. The van der Waals surface area contributed by atoms with Crippen molar-refractivity contribution < 1.29 is 13.2 Å². The van der Waals surface area contributed by atoms with Gasteiger partial charge in [-0.25, -0.2) is 8.42 Å². The van der Waals surface area contributed by atoms with Gasteiger partial charge in [-0.2, -0.15) is 4.31 Å². The van der Waals surface area contributed by atoms with Crippen LogP contribution in [0.5, 0.6) is 0 Å². The highest BCUT2D eigenvalue weighted by atomic mass is 32.2. The monoisotopic (exact) mass is 327 g/mol. The minimum atomic E-state index is -3.79. The van der Waals surface area contributed by atoms with Crippen molar-refractivity contribution in [1.82, 2.24) is 4.31 Å². The molecular weight excluding hydrogens is 310 g/mol. The van der Waals surface area contributed by atoms with Crippen LogP contribution in [0.25, 0.3) is 0 Å². The van der Waals surface area contributed by atoms with Crippen LogP contribution in [0.3, 0.4) is 0 Å². The number of nitrogens with two attached hydrogens (primary N) is 2. The third-order valence-electron chi connectivity index (χ3n) is 3.51. The molecule has 1 aromatic rings. The fraction of sp³-hybridized carbons (Fsp3) is 0.385. The van der Waals surface area contributed by atoms with Crippen molar-refractivity contribution in [2.24, 2.45) is 11.5 Å². The first-order chi connectivity index (χ1) is 9.84. The molecule has 1 amide bonds. The second-order valence-electron chi connectivity index (χ2n) is 4.92. The smallest absolute Gasteiger partial charge is 0.243 e. The minimum Gasteiger partial charge on any atom is -0.389 e. The minimum absolute atomic E-state index is 0.0703. The topological polar surface area (TPSA) is 106 Å². The van der Waals surface area contributed by atoms with Gasteiger partial charge in [0.05, 0.1) is 4.90 Å². The Hall–Kier alpha value is -1.51. The van der Waals surface area contributed by atoms with Crippen LogP contribution in [0, 0.1) is 0 Å². The van der Waals surface area contributed by atoms with Gasteiger partial charge in [0.2, 0.25) is 15.9 Å². The first kappa shape index (κ1) is 15.9. The van der Waals surface area contributed by atoms with E-state index >= 15 is 0 Å². The highest BCUT2D eigenvalue weighted by Gasteiger charge is 2.36. The largest absolute Gasteiger partial charge is 0.389 e. The molecule has 1 fully saturated rings. The zero-order valence-corrected chi connectivity index (χ0v) is 13.0. The second-order valence-corrected chi connectivity index (χ2v) is 7.25. The molecule has 0 saturated carbocycles. The summed E-state index contributed by atoms with van der Waals surface area (Å²) < 4.78 is 26.6. The van der Waals surface area contributed by atoms with Gasteiger partial charge in [0.15, 0.2) is 0 Å². The lowest BCUT2D eigenvalue weighted by molar-refractivity contribution is -0.122. The highest BCUT2D eigenvalue weighted by Crippen LogP contribution is 2.25. The lowest BCUT2D eigenvalue weighted by Gasteiger charge is -2.32. The van der Waals surface area contributed by atoms with Gasteiger partial charge in [0.1, 0.15) is 11.0 Å². The quantitative estimate of drug-likeness (QED) is 0.776. The van der Waals surface area contributed by atoms with Gasteiger partial charge >= 0.3 is 0 Å². The maximum atomic E-state index is 12.7. The van der Waals surface area contributed by atoms with Gasteiger partial charge in [-0.1, -0.05) is 30.8 Å². The Balaban J connectivity index is 2.43. The summed E-state index contributed by atoms with van der Waals surface area (Å²) in [7, 11) is -3.79. The highest BCUT2D eigenvalue weighted by molar-refractivity contribution is 7.89. The molecule has 0 aliphatic carbocycles. The number of primary amides is 1. The molecule has 1 aromatic carbocycles. The van der Waals surface area contributed by atoms with Crippen molar-refractivity contribution >= 4 is 33.1 Å². The lowest BCUT2D eigenvalue weighted by Crippen LogP contribution is -2.50. The molecule has 8 heteroatoms. The number of sulfonamides is 1. The molecule has 1 saturated heterocycles. The number of piperidine rings is 1. The summed E-state index contributed by atoms with van der Waals surface area (Å²) in [5.41, 5.74) is 11.3. The van der Waals surface area contributed by atoms with Crippen molar-refractivity contribution in [3.05, 3.63) is 29.8 Å². The number of carbonyl (C=O) groups is 1. The first-order valence-corrected chi connectivity index (χ1v) is 8.40. The van der Waals surface area contributed by atoms with Gasteiger partial charge in [-0.3, -0.25) is 4.79 Å². The number of rotatable bonds is 4. The Morgan fingerprint density at radius 2 is 2.00 bits per heavy atom. The average Bonchev–Trinajstić information content (AvgIpc) is 2.47. The summed E-state index contributed by atoms with van der Waals surface area (Å²) >= 11 is 4.86. The second kappa shape index (κ2) is 6.08. The van der Waals surface area contributed by atoms with Crippen molar-refractivity contribution in [2.45, 2.75) is 30.2 Å². The van der Waals surface area contributed by atoms with E-state index in [1.54, 1.807) is 12.1 Å². The zero-order valence-electron chi connectivity index (χ0n) is 11.4. The molecule has 0 spiro atoms. The lowest BCUT2D eigenvalue weighted by atomic mass is 10.0. The Morgan fingerprint density at radius 1 is 1.29 bits per heavy atom. The van der Waals surface area contributed by atoms with Crippen LogP contribution in [-0.2, 0) is 14.8 Å². The van der Waals surface area contributed by atoms with E-state index in [1.165, 1.54) is 16.4 Å². The Morgan fingerprint density at radius 3 is 2.62 bits per heavy atom. The standard InChI is InChI=1S/C13H17N3O3S2/c14-12(17)11-6-1-2-7-16(11)21(18,19)10-5-3-4-9(8-10)13(15)20/h3-5,8,11H,1-2,6-7H2,(H2,14,17)(H2,15,20). The normalized spacial score (nSPS) is 20.1.